The highest BCUT2D eigenvalue weighted by Crippen LogP contribution is 2.05. The predicted molar refractivity (Wildman–Crippen MR) is 66.9 cm³/mol. The van der Waals surface area contributed by atoms with Crippen molar-refractivity contribution in [3.05, 3.63) is 47.6 Å². The van der Waals surface area contributed by atoms with Gasteiger partial charge in [-0.25, -0.2) is 0 Å². The molecular formula is C13H17N3O2. The number of benzene rings is 1. The highest BCUT2D eigenvalue weighted by Gasteiger charge is 1.98. The molecule has 0 aliphatic rings. The SMILES string of the molecule is COCc1ccc(CNCCc2ncno2)cc1. The Balaban J connectivity index is 1.69. The number of nitrogens with zero attached hydrogens (tertiary/aromatic N) is 2. The Morgan fingerprint density at radius 1 is 1.22 bits per heavy atom. The molecule has 0 atom stereocenters. The summed E-state index contributed by atoms with van der Waals surface area (Å²) in [6.45, 7) is 2.31. The molecule has 0 aliphatic carbocycles. The van der Waals surface area contributed by atoms with Crippen LogP contribution < -0.4 is 5.32 Å². The predicted octanol–water partition coefficient (Wildman–Crippen LogP) is 1.55. The Hall–Kier alpha value is -1.72. The lowest BCUT2D eigenvalue weighted by molar-refractivity contribution is 0.185. The van der Waals surface area contributed by atoms with Gasteiger partial charge in [0.15, 0.2) is 6.33 Å². The fourth-order valence-electron chi connectivity index (χ4n) is 1.65. The number of nitrogens with one attached hydrogen (secondary N) is 1. The molecule has 0 amide bonds. The van der Waals surface area contributed by atoms with Crippen LogP contribution in [-0.2, 0) is 24.3 Å². The minimum absolute atomic E-state index is 0.658. The van der Waals surface area contributed by atoms with Crippen molar-refractivity contribution in [1.82, 2.24) is 15.5 Å². The quantitative estimate of drug-likeness (QED) is 0.752. The van der Waals surface area contributed by atoms with Gasteiger partial charge in [-0.05, 0) is 11.1 Å². The molecule has 0 unspecified atom stereocenters. The highest BCUT2D eigenvalue weighted by atomic mass is 16.5. The van der Waals surface area contributed by atoms with E-state index in [-0.39, 0.29) is 0 Å². The topological polar surface area (TPSA) is 60.2 Å². The van der Waals surface area contributed by atoms with Gasteiger partial charge < -0.3 is 14.6 Å². The zero-order valence-electron chi connectivity index (χ0n) is 10.4. The van der Waals surface area contributed by atoms with Crippen LogP contribution in [0.5, 0.6) is 0 Å². The molecule has 0 bridgehead atoms. The Morgan fingerprint density at radius 3 is 2.67 bits per heavy atom. The third kappa shape index (κ3) is 3.94. The third-order valence-corrected chi connectivity index (χ3v) is 2.59. The number of ether oxygens (including phenoxy) is 1. The van der Waals surface area contributed by atoms with Crippen LogP contribution in [0.1, 0.15) is 17.0 Å². The van der Waals surface area contributed by atoms with E-state index in [2.05, 4.69) is 39.7 Å². The van der Waals surface area contributed by atoms with Crippen molar-refractivity contribution in [2.75, 3.05) is 13.7 Å². The van der Waals surface area contributed by atoms with Gasteiger partial charge in [-0.2, -0.15) is 4.98 Å². The molecule has 0 saturated carbocycles. The van der Waals surface area contributed by atoms with Crippen molar-refractivity contribution in [1.29, 1.82) is 0 Å². The van der Waals surface area contributed by atoms with Crippen molar-refractivity contribution in [3.63, 3.8) is 0 Å². The van der Waals surface area contributed by atoms with Gasteiger partial charge in [0.05, 0.1) is 6.61 Å². The van der Waals surface area contributed by atoms with Crippen molar-refractivity contribution in [2.45, 2.75) is 19.6 Å². The summed E-state index contributed by atoms with van der Waals surface area (Å²) in [6, 6.07) is 8.37. The van der Waals surface area contributed by atoms with Gasteiger partial charge in [0.1, 0.15) is 0 Å². The molecule has 0 fully saturated rings. The van der Waals surface area contributed by atoms with Crippen LogP contribution in [0.2, 0.25) is 0 Å². The van der Waals surface area contributed by atoms with Gasteiger partial charge >= 0.3 is 0 Å². The van der Waals surface area contributed by atoms with E-state index < -0.39 is 0 Å². The van der Waals surface area contributed by atoms with Crippen LogP contribution in [0, 0.1) is 0 Å². The summed E-state index contributed by atoms with van der Waals surface area (Å²) in [5.41, 5.74) is 2.44. The first-order chi connectivity index (χ1) is 8.88. The molecule has 1 heterocycles. The van der Waals surface area contributed by atoms with Gasteiger partial charge in [0, 0.05) is 26.6 Å². The fourth-order valence-corrected chi connectivity index (χ4v) is 1.65. The normalized spacial score (nSPS) is 10.7. The second-order valence-electron chi connectivity index (χ2n) is 4.01. The minimum atomic E-state index is 0.658. The van der Waals surface area contributed by atoms with E-state index in [4.69, 9.17) is 9.26 Å². The molecule has 0 aliphatic heterocycles. The summed E-state index contributed by atoms with van der Waals surface area (Å²) in [7, 11) is 1.70. The molecule has 18 heavy (non-hydrogen) atoms. The number of hydrogen-bond donors (Lipinski definition) is 1. The van der Waals surface area contributed by atoms with Crippen LogP contribution in [-0.4, -0.2) is 23.8 Å². The number of rotatable bonds is 7. The van der Waals surface area contributed by atoms with E-state index in [1.807, 2.05) is 0 Å². The van der Waals surface area contributed by atoms with Crippen LogP contribution >= 0.6 is 0 Å². The first-order valence-electron chi connectivity index (χ1n) is 5.91. The van der Waals surface area contributed by atoms with Gasteiger partial charge in [0.2, 0.25) is 5.89 Å². The largest absolute Gasteiger partial charge is 0.380 e. The van der Waals surface area contributed by atoms with Crippen molar-refractivity contribution >= 4 is 0 Å². The maximum Gasteiger partial charge on any atom is 0.227 e. The molecule has 1 aromatic carbocycles. The summed E-state index contributed by atoms with van der Waals surface area (Å²) in [4.78, 5) is 3.96. The average molecular weight is 247 g/mol. The standard InChI is InChI=1S/C13H17N3O2/c1-17-9-12-4-2-11(3-5-12)8-14-7-6-13-15-10-16-18-13/h2-5,10,14H,6-9H2,1H3. The molecule has 2 aromatic rings. The maximum absolute atomic E-state index is 5.07. The first kappa shape index (κ1) is 12.7. The van der Waals surface area contributed by atoms with Gasteiger partial charge in [0.25, 0.3) is 0 Å². The van der Waals surface area contributed by atoms with Gasteiger partial charge in [-0.1, -0.05) is 29.4 Å². The van der Waals surface area contributed by atoms with E-state index in [0.717, 1.165) is 19.5 Å². The Kier molecular flexibility index (Phi) is 4.87. The molecule has 1 N–H and O–H groups in total. The van der Waals surface area contributed by atoms with E-state index in [0.29, 0.717) is 12.5 Å². The minimum Gasteiger partial charge on any atom is -0.380 e. The molecular weight excluding hydrogens is 230 g/mol. The van der Waals surface area contributed by atoms with Crippen LogP contribution in [0.4, 0.5) is 0 Å². The molecule has 2 rings (SSSR count). The van der Waals surface area contributed by atoms with Crippen molar-refractivity contribution in [3.8, 4) is 0 Å². The number of aromatic nitrogens is 2. The van der Waals surface area contributed by atoms with Crippen LogP contribution in [0.15, 0.2) is 35.1 Å². The van der Waals surface area contributed by atoms with Gasteiger partial charge in [-0.3, -0.25) is 0 Å². The van der Waals surface area contributed by atoms with E-state index in [1.54, 1.807) is 7.11 Å². The molecule has 5 heteroatoms. The Labute approximate surface area is 106 Å². The third-order valence-electron chi connectivity index (χ3n) is 2.59. The summed E-state index contributed by atoms with van der Waals surface area (Å²) >= 11 is 0. The molecule has 0 radical (unpaired) electrons. The fraction of sp³-hybridized carbons (Fsp3) is 0.385. The zero-order chi connectivity index (χ0) is 12.6. The summed E-state index contributed by atoms with van der Waals surface area (Å²) in [6.07, 6.45) is 2.17. The van der Waals surface area contributed by atoms with Gasteiger partial charge in [-0.15, -0.1) is 0 Å². The lowest BCUT2D eigenvalue weighted by atomic mass is 10.1. The molecule has 5 nitrogen and oxygen atoms in total. The van der Waals surface area contributed by atoms with E-state index >= 15 is 0 Å². The smallest absolute Gasteiger partial charge is 0.227 e. The lowest BCUT2D eigenvalue weighted by Gasteiger charge is -2.05. The van der Waals surface area contributed by atoms with E-state index in [1.165, 1.54) is 17.5 Å². The highest BCUT2D eigenvalue weighted by molar-refractivity contribution is 5.21. The maximum atomic E-state index is 5.07. The molecule has 96 valence electrons. The second-order valence-corrected chi connectivity index (χ2v) is 4.01. The Bertz CT molecular complexity index is 440. The van der Waals surface area contributed by atoms with Crippen molar-refractivity contribution in [2.24, 2.45) is 0 Å². The number of methoxy groups -OCH3 is 1. The summed E-state index contributed by atoms with van der Waals surface area (Å²) < 4.78 is 9.98. The average Bonchev–Trinajstić information content (AvgIpc) is 2.90. The van der Waals surface area contributed by atoms with Crippen LogP contribution in [0.25, 0.3) is 0 Å². The van der Waals surface area contributed by atoms with Crippen molar-refractivity contribution < 1.29 is 9.26 Å². The Morgan fingerprint density at radius 2 is 2.00 bits per heavy atom. The molecule has 0 spiro atoms. The monoisotopic (exact) mass is 247 g/mol. The number of hydrogen-bond acceptors (Lipinski definition) is 5. The summed E-state index contributed by atoms with van der Waals surface area (Å²) in [5.74, 6) is 0.665. The molecule has 0 saturated heterocycles. The summed E-state index contributed by atoms with van der Waals surface area (Å²) in [5, 5.41) is 6.89. The first-order valence-corrected chi connectivity index (χ1v) is 5.91. The van der Waals surface area contributed by atoms with Crippen LogP contribution in [0.3, 0.4) is 0 Å². The van der Waals surface area contributed by atoms with E-state index in [9.17, 15) is 0 Å². The lowest BCUT2D eigenvalue weighted by Crippen LogP contribution is -2.16. The second kappa shape index (κ2) is 6.88. The molecule has 1 aromatic heterocycles. The zero-order valence-corrected chi connectivity index (χ0v) is 10.4.